The minimum atomic E-state index is -4.58. The van der Waals surface area contributed by atoms with Crippen LogP contribution in [0.15, 0.2) is 48.7 Å². The Morgan fingerprint density at radius 1 is 1.03 bits per heavy atom. The summed E-state index contributed by atoms with van der Waals surface area (Å²) in [6, 6.07) is 13.7. The third kappa shape index (κ3) is 3.95. The predicted molar refractivity (Wildman–Crippen MR) is 123 cm³/mol. The molecule has 0 unspecified atom stereocenters. The molecule has 2 aliphatic carbocycles. The van der Waals surface area contributed by atoms with Crippen molar-refractivity contribution < 1.29 is 21.6 Å². The number of alkyl halides is 3. The Kier molecular flexibility index (Phi) is 5.10. The van der Waals surface area contributed by atoms with Crippen LogP contribution in [0.2, 0.25) is 0 Å². The maximum Gasteiger partial charge on any atom is 0.402 e. The lowest BCUT2D eigenvalue weighted by Crippen LogP contribution is -2.52. The fourth-order valence-electron chi connectivity index (χ4n) is 6.13. The Morgan fingerprint density at radius 3 is 2.51 bits per heavy atom. The summed E-state index contributed by atoms with van der Waals surface area (Å²) in [6.45, 7) is -1.60. The van der Waals surface area contributed by atoms with E-state index in [1.807, 2.05) is 36.4 Å². The smallest absolute Gasteiger partial charge is 0.276 e. The van der Waals surface area contributed by atoms with Gasteiger partial charge in [-0.25, -0.2) is 0 Å². The van der Waals surface area contributed by atoms with Gasteiger partial charge in [0.05, 0.1) is 22.6 Å². The van der Waals surface area contributed by atoms with Gasteiger partial charge in [0.1, 0.15) is 6.54 Å². The number of nitrogens with one attached hydrogen (secondary N) is 2. The molecular weight excluding hydrogens is 479 g/mol. The molecular formula is C24H24F3N5O2S. The van der Waals surface area contributed by atoms with Crippen molar-refractivity contribution in [2.45, 2.75) is 37.4 Å². The first kappa shape index (κ1) is 22.7. The van der Waals surface area contributed by atoms with Gasteiger partial charge in [-0.2, -0.15) is 35.7 Å². The van der Waals surface area contributed by atoms with E-state index in [1.54, 1.807) is 6.20 Å². The molecule has 3 heterocycles. The largest absolute Gasteiger partial charge is 0.402 e. The predicted octanol–water partition coefficient (Wildman–Crippen LogP) is 3.71. The summed E-state index contributed by atoms with van der Waals surface area (Å²) in [4.78, 5) is 4.34. The standard InChI is InChI=1S/C24H24F3N5O2S/c25-24(26,27)14-32-13-23(31-35(32,33)34)18-6-7-19(23)11-17-9-16(5-4-15(17)10-18)21-12-22(30-29-21)20-3-1-2-8-28-20/h1-5,8-9,12,18-19,31H,6-7,10-11,13-14H2,(H,29,30)/t18-,19+,23-/m1/s1. The van der Waals surface area contributed by atoms with Crippen LogP contribution in [0.4, 0.5) is 13.2 Å². The van der Waals surface area contributed by atoms with Gasteiger partial charge in [-0.1, -0.05) is 18.2 Å². The molecule has 3 aromatic rings. The molecule has 2 fully saturated rings. The fraction of sp³-hybridized carbons (Fsp3) is 0.417. The third-order valence-electron chi connectivity index (χ3n) is 7.73. The minimum Gasteiger partial charge on any atom is -0.276 e. The lowest BCUT2D eigenvalue weighted by Gasteiger charge is -2.33. The number of pyridine rings is 1. The number of benzene rings is 1. The highest BCUT2D eigenvalue weighted by Crippen LogP contribution is 2.50. The highest BCUT2D eigenvalue weighted by atomic mass is 32.2. The van der Waals surface area contributed by atoms with Crippen molar-refractivity contribution in [3.8, 4) is 22.6 Å². The number of fused-ring (bicyclic) bond motifs is 1. The molecule has 1 aliphatic heterocycles. The quantitative estimate of drug-likeness (QED) is 0.570. The van der Waals surface area contributed by atoms with Gasteiger partial charge in [-0.15, -0.1) is 0 Å². The second kappa shape index (κ2) is 7.87. The van der Waals surface area contributed by atoms with Crippen LogP contribution in [-0.4, -0.2) is 52.7 Å². The molecule has 184 valence electrons. The van der Waals surface area contributed by atoms with E-state index in [9.17, 15) is 21.6 Å². The van der Waals surface area contributed by atoms with Crippen LogP contribution in [0.5, 0.6) is 0 Å². The Balaban J connectivity index is 1.30. The SMILES string of the molecule is O=S1(=O)N[C@]2(CN1CC(F)(F)F)[C@@H]1CC[C@H]2Cc2cc(-c3cc(-c4ccccn4)[nH]n3)ccc2C1. The highest BCUT2D eigenvalue weighted by Gasteiger charge is 2.60. The maximum absolute atomic E-state index is 13.1. The molecule has 1 saturated heterocycles. The molecule has 35 heavy (non-hydrogen) atoms. The van der Waals surface area contributed by atoms with Gasteiger partial charge < -0.3 is 0 Å². The zero-order valence-electron chi connectivity index (χ0n) is 18.7. The summed E-state index contributed by atoms with van der Waals surface area (Å²) in [5, 5.41) is 7.47. The molecule has 7 nitrogen and oxygen atoms in total. The van der Waals surface area contributed by atoms with E-state index in [4.69, 9.17) is 0 Å². The van der Waals surface area contributed by atoms with Crippen LogP contribution in [0.3, 0.4) is 0 Å². The first-order valence-electron chi connectivity index (χ1n) is 11.6. The molecule has 1 spiro atoms. The number of aromatic amines is 1. The fourth-order valence-corrected chi connectivity index (χ4v) is 7.83. The molecule has 0 amide bonds. The molecule has 6 rings (SSSR count). The highest BCUT2D eigenvalue weighted by molar-refractivity contribution is 7.87. The maximum atomic E-state index is 13.1. The summed E-state index contributed by atoms with van der Waals surface area (Å²) in [7, 11) is -4.19. The van der Waals surface area contributed by atoms with E-state index in [2.05, 4.69) is 26.0 Å². The van der Waals surface area contributed by atoms with Gasteiger partial charge >= 0.3 is 6.18 Å². The van der Waals surface area contributed by atoms with Crippen molar-refractivity contribution in [3.05, 3.63) is 59.8 Å². The number of hydrogen-bond acceptors (Lipinski definition) is 4. The first-order chi connectivity index (χ1) is 16.6. The van der Waals surface area contributed by atoms with E-state index in [-0.39, 0.29) is 18.4 Å². The van der Waals surface area contributed by atoms with E-state index >= 15 is 0 Å². The second-order valence-corrected chi connectivity index (χ2v) is 11.4. The van der Waals surface area contributed by atoms with Crippen LogP contribution in [-0.2, 0) is 23.1 Å². The van der Waals surface area contributed by atoms with E-state index in [1.165, 1.54) is 0 Å². The van der Waals surface area contributed by atoms with Gasteiger partial charge in [0.25, 0.3) is 10.2 Å². The molecule has 2 N–H and O–H groups in total. The van der Waals surface area contributed by atoms with E-state index < -0.39 is 28.5 Å². The molecule has 0 radical (unpaired) electrons. The number of aromatic nitrogens is 3. The Bertz CT molecular complexity index is 1380. The van der Waals surface area contributed by atoms with Crippen molar-refractivity contribution >= 4 is 10.2 Å². The molecule has 1 saturated carbocycles. The monoisotopic (exact) mass is 503 g/mol. The number of nitrogens with zero attached hydrogens (tertiary/aromatic N) is 3. The van der Waals surface area contributed by atoms with E-state index in [0.29, 0.717) is 17.1 Å². The molecule has 1 aromatic carbocycles. The van der Waals surface area contributed by atoms with Crippen LogP contribution >= 0.6 is 0 Å². The van der Waals surface area contributed by atoms with Gasteiger partial charge in [0.2, 0.25) is 0 Å². The minimum absolute atomic E-state index is 0.0475. The van der Waals surface area contributed by atoms with Crippen molar-refractivity contribution in [2.75, 3.05) is 13.1 Å². The lowest BCUT2D eigenvalue weighted by atomic mass is 9.79. The molecule has 2 aromatic heterocycles. The summed E-state index contributed by atoms with van der Waals surface area (Å²) in [5.74, 6) is -0.117. The zero-order chi connectivity index (χ0) is 24.4. The molecule has 3 aliphatic rings. The molecule has 2 bridgehead atoms. The number of H-pyrrole nitrogens is 1. The van der Waals surface area contributed by atoms with Crippen LogP contribution in [0.25, 0.3) is 22.6 Å². The van der Waals surface area contributed by atoms with Crippen molar-refractivity contribution in [1.82, 2.24) is 24.2 Å². The van der Waals surface area contributed by atoms with Crippen molar-refractivity contribution in [3.63, 3.8) is 0 Å². The van der Waals surface area contributed by atoms with Crippen LogP contribution < -0.4 is 4.72 Å². The van der Waals surface area contributed by atoms with Crippen LogP contribution in [0.1, 0.15) is 24.0 Å². The summed E-state index contributed by atoms with van der Waals surface area (Å²) in [6.07, 6.45) is -0.0480. The Labute approximate surface area is 200 Å². The normalized spacial score (nSPS) is 27.7. The Hall–Kier alpha value is -2.76. The Morgan fingerprint density at radius 2 is 1.80 bits per heavy atom. The van der Waals surface area contributed by atoms with Gasteiger partial charge in [0.15, 0.2) is 0 Å². The van der Waals surface area contributed by atoms with E-state index in [0.717, 1.165) is 46.6 Å². The topological polar surface area (TPSA) is 91.0 Å². The summed E-state index contributed by atoms with van der Waals surface area (Å²) < 4.78 is 67.9. The average molecular weight is 504 g/mol. The van der Waals surface area contributed by atoms with Crippen LogP contribution in [0, 0.1) is 11.8 Å². The van der Waals surface area contributed by atoms with Gasteiger partial charge in [-0.3, -0.25) is 10.1 Å². The first-order valence-corrected chi connectivity index (χ1v) is 13.0. The third-order valence-corrected chi connectivity index (χ3v) is 9.30. The summed E-state index contributed by atoms with van der Waals surface area (Å²) in [5.41, 5.74) is 4.65. The van der Waals surface area contributed by atoms with Gasteiger partial charge in [0, 0.05) is 18.3 Å². The van der Waals surface area contributed by atoms with Crippen molar-refractivity contribution in [2.24, 2.45) is 11.8 Å². The van der Waals surface area contributed by atoms with Crippen molar-refractivity contribution in [1.29, 1.82) is 0 Å². The number of rotatable bonds is 3. The molecule has 3 atom stereocenters. The zero-order valence-corrected chi connectivity index (χ0v) is 19.5. The van der Waals surface area contributed by atoms with Gasteiger partial charge in [-0.05, 0) is 72.9 Å². The average Bonchev–Trinajstić information content (AvgIpc) is 3.43. The lowest BCUT2D eigenvalue weighted by molar-refractivity contribution is -0.136. The second-order valence-electron chi connectivity index (χ2n) is 9.78. The summed E-state index contributed by atoms with van der Waals surface area (Å²) >= 11 is 0. The molecule has 11 heteroatoms. The number of halogens is 3. The number of hydrogen-bond donors (Lipinski definition) is 2.